The fourth-order valence-electron chi connectivity index (χ4n) is 2.16. The highest BCUT2D eigenvalue weighted by atomic mass is 19.4. The van der Waals surface area contributed by atoms with Crippen molar-refractivity contribution < 1.29 is 22.8 Å². The van der Waals surface area contributed by atoms with Crippen molar-refractivity contribution in [3.8, 4) is 11.6 Å². The van der Waals surface area contributed by atoms with E-state index in [1.54, 1.807) is 18.2 Å². The molecule has 0 bridgehead atoms. The molecule has 7 nitrogen and oxygen atoms in total. The summed E-state index contributed by atoms with van der Waals surface area (Å²) in [5, 5.41) is 13.6. The number of nitrogens with one attached hydrogen (secondary N) is 1. The summed E-state index contributed by atoms with van der Waals surface area (Å²) in [6, 6.07) is 13.4. The summed E-state index contributed by atoms with van der Waals surface area (Å²) >= 11 is 0. The van der Waals surface area contributed by atoms with Gasteiger partial charge in [0.1, 0.15) is 17.0 Å². The minimum atomic E-state index is -4.73. The second-order valence-electron chi connectivity index (χ2n) is 5.22. The summed E-state index contributed by atoms with van der Waals surface area (Å²) in [5.41, 5.74) is -1.40. The Morgan fingerprint density at radius 1 is 1.04 bits per heavy atom. The first-order valence-corrected chi connectivity index (χ1v) is 7.52. The molecular weight excluding hydrogens is 365 g/mol. The van der Waals surface area contributed by atoms with Gasteiger partial charge in [-0.15, -0.1) is 0 Å². The normalized spacial score (nSPS) is 11.1. The van der Waals surface area contributed by atoms with Crippen LogP contribution >= 0.6 is 0 Å². The number of nitrogens with zero attached hydrogens (tertiary/aromatic N) is 3. The zero-order valence-electron chi connectivity index (χ0n) is 13.5. The van der Waals surface area contributed by atoms with Gasteiger partial charge in [-0.3, -0.25) is 10.1 Å². The fraction of sp³-hybridized carbons (Fsp3) is 0.0588. The summed E-state index contributed by atoms with van der Waals surface area (Å²) < 4.78 is 44.9. The van der Waals surface area contributed by atoms with E-state index in [2.05, 4.69) is 15.3 Å². The zero-order chi connectivity index (χ0) is 19.4. The van der Waals surface area contributed by atoms with Gasteiger partial charge in [0.2, 0.25) is 11.8 Å². The maximum atomic E-state index is 13.2. The van der Waals surface area contributed by atoms with Crippen LogP contribution in [0.15, 0.2) is 60.8 Å². The highest BCUT2D eigenvalue weighted by molar-refractivity contribution is 5.66. The molecule has 0 aliphatic heterocycles. The van der Waals surface area contributed by atoms with Crippen LogP contribution in [0.5, 0.6) is 11.6 Å². The van der Waals surface area contributed by atoms with E-state index in [9.17, 15) is 23.3 Å². The van der Waals surface area contributed by atoms with Gasteiger partial charge in [-0.1, -0.05) is 30.3 Å². The number of aromatic nitrogens is 2. The molecule has 0 saturated heterocycles. The van der Waals surface area contributed by atoms with Crippen molar-refractivity contribution in [2.75, 3.05) is 5.32 Å². The van der Waals surface area contributed by atoms with Crippen molar-refractivity contribution in [2.45, 2.75) is 6.18 Å². The molecule has 1 heterocycles. The zero-order valence-corrected chi connectivity index (χ0v) is 13.5. The average Bonchev–Trinajstić information content (AvgIpc) is 2.62. The SMILES string of the molecule is O=[N+]([O-])c1ccccc1Nc1ncc(C(F)(F)F)c(Oc2ccccc2)n1. The number of halogens is 3. The van der Waals surface area contributed by atoms with Gasteiger partial charge < -0.3 is 10.1 Å². The largest absolute Gasteiger partial charge is 0.438 e. The molecular formula is C17H11F3N4O3. The van der Waals surface area contributed by atoms with Crippen molar-refractivity contribution in [1.29, 1.82) is 0 Å². The summed E-state index contributed by atoms with van der Waals surface area (Å²) in [6.45, 7) is 0. The molecule has 2 aromatic carbocycles. The van der Waals surface area contributed by atoms with E-state index in [0.29, 0.717) is 6.20 Å². The Kier molecular flexibility index (Phi) is 4.88. The van der Waals surface area contributed by atoms with Crippen LogP contribution in [0.2, 0.25) is 0 Å². The minimum absolute atomic E-state index is 0.0351. The van der Waals surface area contributed by atoms with Crippen LogP contribution in [0.3, 0.4) is 0 Å². The number of para-hydroxylation sites is 3. The van der Waals surface area contributed by atoms with Crippen LogP contribution in [0.4, 0.5) is 30.5 Å². The van der Waals surface area contributed by atoms with Crippen LogP contribution in [-0.4, -0.2) is 14.9 Å². The van der Waals surface area contributed by atoms with Crippen LogP contribution in [0.1, 0.15) is 5.56 Å². The monoisotopic (exact) mass is 376 g/mol. The molecule has 0 spiro atoms. The highest BCUT2D eigenvalue weighted by Gasteiger charge is 2.36. The molecule has 0 aliphatic carbocycles. The first kappa shape index (κ1) is 18.1. The molecule has 0 fully saturated rings. The van der Waals surface area contributed by atoms with Crippen LogP contribution < -0.4 is 10.1 Å². The van der Waals surface area contributed by atoms with Gasteiger partial charge in [0.25, 0.3) is 5.69 Å². The Morgan fingerprint density at radius 2 is 1.70 bits per heavy atom. The Balaban J connectivity index is 1.98. The molecule has 0 radical (unpaired) electrons. The summed E-state index contributed by atoms with van der Waals surface area (Å²) in [5.74, 6) is -0.841. The highest BCUT2D eigenvalue weighted by Crippen LogP contribution is 2.37. The second-order valence-corrected chi connectivity index (χ2v) is 5.22. The first-order chi connectivity index (χ1) is 12.8. The van der Waals surface area contributed by atoms with Crippen molar-refractivity contribution in [2.24, 2.45) is 0 Å². The lowest BCUT2D eigenvalue weighted by molar-refractivity contribution is -0.383. The summed E-state index contributed by atoms with van der Waals surface area (Å²) in [4.78, 5) is 17.8. The number of benzene rings is 2. The molecule has 0 unspecified atom stereocenters. The van der Waals surface area contributed by atoms with Crippen LogP contribution in [0.25, 0.3) is 0 Å². The minimum Gasteiger partial charge on any atom is -0.438 e. The molecule has 0 atom stereocenters. The third kappa shape index (κ3) is 4.29. The van der Waals surface area contributed by atoms with Crippen molar-refractivity contribution in [3.63, 3.8) is 0 Å². The first-order valence-electron chi connectivity index (χ1n) is 7.52. The molecule has 10 heteroatoms. The Hall–Kier alpha value is -3.69. The van der Waals surface area contributed by atoms with E-state index in [-0.39, 0.29) is 23.1 Å². The van der Waals surface area contributed by atoms with Gasteiger partial charge in [-0.05, 0) is 18.2 Å². The number of nitro groups is 1. The molecule has 3 aromatic rings. The number of ether oxygens (including phenoxy) is 1. The van der Waals surface area contributed by atoms with Gasteiger partial charge in [0.05, 0.1) is 4.92 Å². The fourth-order valence-corrected chi connectivity index (χ4v) is 2.16. The molecule has 0 aliphatic rings. The number of nitro benzene ring substituents is 1. The van der Waals surface area contributed by atoms with Crippen molar-refractivity contribution in [1.82, 2.24) is 9.97 Å². The Labute approximate surface area is 150 Å². The van der Waals surface area contributed by atoms with Gasteiger partial charge in [-0.25, -0.2) is 4.98 Å². The van der Waals surface area contributed by atoms with E-state index in [1.165, 1.54) is 36.4 Å². The maximum Gasteiger partial charge on any atom is 0.423 e. The van der Waals surface area contributed by atoms with Gasteiger partial charge in [0, 0.05) is 12.3 Å². The van der Waals surface area contributed by atoms with E-state index in [1.807, 2.05) is 0 Å². The lowest BCUT2D eigenvalue weighted by Crippen LogP contribution is -2.11. The second kappa shape index (κ2) is 7.28. The molecule has 1 aromatic heterocycles. The standard InChI is InChI=1S/C17H11F3N4O3/c18-17(19,20)12-10-21-16(22-13-8-4-5-9-14(13)24(25)26)23-15(12)27-11-6-2-1-3-7-11/h1-10H,(H,21,22,23). The van der Waals surface area contributed by atoms with Crippen LogP contribution in [0, 0.1) is 10.1 Å². The predicted molar refractivity (Wildman–Crippen MR) is 89.9 cm³/mol. The lowest BCUT2D eigenvalue weighted by Gasteiger charge is -2.14. The van der Waals surface area contributed by atoms with Crippen molar-refractivity contribution in [3.05, 3.63) is 76.5 Å². The summed E-state index contributed by atoms with van der Waals surface area (Å²) in [7, 11) is 0. The number of rotatable bonds is 5. The summed E-state index contributed by atoms with van der Waals surface area (Å²) in [6.07, 6.45) is -4.18. The molecule has 0 saturated carbocycles. The maximum absolute atomic E-state index is 13.2. The third-order valence-corrected chi connectivity index (χ3v) is 3.36. The Morgan fingerprint density at radius 3 is 2.37 bits per heavy atom. The van der Waals surface area contributed by atoms with Gasteiger partial charge >= 0.3 is 6.18 Å². The number of hydrogen-bond donors (Lipinski definition) is 1. The average molecular weight is 376 g/mol. The predicted octanol–water partition coefficient (Wildman–Crippen LogP) is 4.94. The van der Waals surface area contributed by atoms with Crippen molar-refractivity contribution >= 4 is 17.3 Å². The molecule has 138 valence electrons. The molecule has 1 N–H and O–H groups in total. The van der Waals surface area contributed by atoms with Gasteiger partial charge in [-0.2, -0.15) is 18.2 Å². The number of hydrogen-bond acceptors (Lipinski definition) is 6. The number of anilines is 2. The van der Waals surface area contributed by atoms with Crippen LogP contribution in [-0.2, 0) is 6.18 Å². The number of alkyl halides is 3. The van der Waals surface area contributed by atoms with E-state index < -0.39 is 22.5 Å². The molecule has 0 amide bonds. The third-order valence-electron chi connectivity index (χ3n) is 3.36. The quantitative estimate of drug-likeness (QED) is 0.501. The van der Waals surface area contributed by atoms with E-state index in [4.69, 9.17) is 4.74 Å². The molecule has 27 heavy (non-hydrogen) atoms. The lowest BCUT2D eigenvalue weighted by atomic mass is 10.2. The van der Waals surface area contributed by atoms with E-state index in [0.717, 1.165) is 0 Å². The molecule has 3 rings (SSSR count). The topological polar surface area (TPSA) is 90.2 Å². The Bertz CT molecular complexity index is 965. The smallest absolute Gasteiger partial charge is 0.423 e. The van der Waals surface area contributed by atoms with Gasteiger partial charge in [0.15, 0.2) is 0 Å². The van der Waals surface area contributed by atoms with E-state index >= 15 is 0 Å².